The van der Waals surface area contributed by atoms with E-state index in [0.717, 1.165) is 11.4 Å². The van der Waals surface area contributed by atoms with E-state index in [2.05, 4.69) is 15.0 Å². The average Bonchev–Trinajstić information content (AvgIpc) is 2.77. The topological polar surface area (TPSA) is 75.8 Å². The first-order valence-corrected chi connectivity index (χ1v) is 6.61. The molecule has 1 atom stereocenters. The molecule has 0 amide bonds. The number of halogens is 1. The van der Waals surface area contributed by atoms with E-state index in [4.69, 9.17) is 10.3 Å². The summed E-state index contributed by atoms with van der Waals surface area (Å²) in [6.07, 6.45) is 0. The zero-order valence-corrected chi connectivity index (χ0v) is 12.1. The molecule has 0 radical (unpaired) electrons. The number of aryl methyl sites for hydroxylation is 1. The Morgan fingerprint density at radius 1 is 1.43 bits per heavy atom. The van der Waals surface area contributed by atoms with Crippen molar-refractivity contribution < 1.29 is 9.13 Å². The zero-order chi connectivity index (χ0) is 15.4. The molecule has 1 heterocycles. The predicted octanol–water partition coefficient (Wildman–Crippen LogP) is 4.51. The first-order chi connectivity index (χ1) is 10.1. The average molecular weight is 289 g/mol. The Morgan fingerprint density at radius 3 is 2.67 bits per heavy atom. The molecule has 2 rings (SSSR count). The van der Waals surface area contributed by atoms with E-state index in [-0.39, 0.29) is 11.9 Å². The first kappa shape index (κ1) is 14.9. The molecule has 1 aromatic carbocycles. The highest BCUT2D eigenvalue weighted by Crippen LogP contribution is 2.29. The van der Waals surface area contributed by atoms with Gasteiger partial charge in [-0.15, -0.1) is 0 Å². The number of imidazole rings is 1. The van der Waals surface area contributed by atoms with Gasteiger partial charge in [-0.3, -0.25) is 4.57 Å². The molecule has 1 aromatic heterocycles. The SMILES string of the molecule is CCn1c(Oc2ccc(F)cc2)nc(C)c1C(C)N=[N+]=[N-]. The molecule has 0 aliphatic carbocycles. The lowest BCUT2D eigenvalue weighted by atomic mass is 10.2. The highest BCUT2D eigenvalue weighted by atomic mass is 19.1. The van der Waals surface area contributed by atoms with Crippen LogP contribution < -0.4 is 4.74 Å². The number of nitrogens with zero attached hydrogens (tertiary/aromatic N) is 5. The van der Waals surface area contributed by atoms with Crippen LogP contribution in [-0.4, -0.2) is 9.55 Å². The minimum absolute atomic E-state index is 0.324. The molecule has 0 spiro atoms. The van der Waals surface area contributed by atoms with Crippen LogP contribution in [0.5, 0.6) is 11.8 Å². The van der Waals surface area contributed by atoms with E-state index in [1.165, 1.54) is 24.3 Å². The molecule has 7 heteroatoms. The van der Waals surface area contributed by atoms with Crippen LogP contribution in [0.3, 0.4) is 0 Å². The second-order valence-corrected chi connectivity index (χ2v) is 4.55. The van der Waals surface area contributed by atoms with Crippen LogP contribution in [-0.2, 0) is 6.54 Å². The Kier molecular flexibility index (Phi) is 4.45. The van der Waals surface area contributed by atoms with Crippen molar-refractivity contribution in [1.82, 2.24) is 9.55 Å². The van der Waals surface area contributed by atoms with Gasteiger partial charge >= 0.3 is 6.01 Å². The maximum Gasteiger partial charge on any atom is 0.302 e. The molecule has 1 unspecified atom stereocenters. The molecular weight excluding hydrogens is 273 g/mol. The minimum atomic E-state index is -0.340. The second-order valence-electron chi connectivity index (χ2n) is 4.55. The molecule has 0 aliphatic rings. The van der Waals surface area contributed by atoms with Crippen LogP contribution in [0.25, 0.3) is 10.4 Å². The molecular formula is C14H16FN5O. The fourth-order valence-electron chi connectivity index (χ4n) is 2.21. The molecule has 2 aromatic rings. The molecule has 0 fully saturated rings. The highest BCUT2D eigenvalue weighted by molar-refractivity contribution is 5.29. The van der Waals surface area contributed by atoms with Crippen LogP contribution in [0.15, 0.2) is 29.4 Å². The summed E-state index contributed by atoms with van der Waals surface area (Å²) in [7, 11) is 0. The number of rotatable bonds is 5. The van der Waals surface area contributed by atoms with Crippen LogP contribution in [0.1, 0.15) is 31.3 Å². The Balaban J connectivity index is 2.38. The quantitative estimate of drug-likeness (QED) is 0.461. The highest BCUT2D eigenvalue weighted by Gasteiger charge is 2.19. The van der Waals surface area contributed by atoms with Gasteiger partial charge in [-0.05, 0) is 43.6 Å². The summed E-state index contributed by atoms with van der Waals surface area (Å²) < 4.78 is 20.4. The summed E-state index contributed by atoms with van der Waals surface area (Å²) in [4.78, 5) is 7.20. The molecule has 0 aliphatic heterocycles. The maximum absolute atomic E-state index is 12.9. The fourth-order valence-corrected chi connectivity index (χ4v) is 2.21. The molecule has 6 nitrogen and oxygen atoms in total. The minimum Gasteiger partial charge on any atom is -0.426 e. The Labute approximate surface area is 121 Å². The van der Waals surface area contributed by atoms with E-state index < -0.39 is 0 Å². The summed E-state index contributed by atoms with van der Waals surface area (Å²) in [6.45, 7) is 6.21. The van der Waals surface area contributed by atoms with Crippen LogP contribution in [0, 0.1) is 12.7 Å². The van der Waals surface area contributed by atoms with Crippen molar-refractivity contribution in [2.24, 2.45) is 5.11 Å². The van der Waals surface area contributed by atoms with Gasteiger partial charge in [0, 0.05) is 11.5 Å². The van der Waals surface area contributed by atoms with Gasteiger partial charge in [0.2, 0.25) is 0 Å². The predicted molar refractivity (Wildman–Crippen MR) is 76.7 cm³/mol. The lowest BCUT2D eigenvalue weighted by molar-refractivity contribution is 0.408. The molecule has 0 saturated heterocycles. The van der Waals surface area contributed by atoms with Crippen molar-refractivity contribution in [2.45, 2.75) is 33.4 Å². The molecule has 0 saturated carbocycles. The number of hydrogen-bond donors (Lipinski definition) is 0. The monoisotopic (exact) mass is 289 g/mol. The van der Waals surface area contributed by atoms with Crippen molar-refractivity contribution in [3.8, 4) is 11.8 Å². The second kappa shape index (κ2) is 6.28. The maximum atomic E-state index is 12.9. The number of benzene rings is 1. The fraction of sp³-hybridized carbons (Fsp3) is 0.357. The lowest BCUT2D eigenvalue weighted by Gasteiger charge is -2.12. The molecule has 0 N–H and O–H groups in total. The van der Waals surface area contributed by atoms with Crippen LogP contribution in [0.2, 0.25) is 0 Å². The number of ether oxygens (including phenoxy) is 1. The van der Waals surface area contributed by atoms with Gasteiger partial charge < -0.3 is 4.74 Å². The molecule has 21 heavy (non-hydrogen) atoms. The number of aromatic nitrogens is 2. The standard InChI is InChI=1S/C14H16FN5O/c1-4-20-13(10(3)18-19-16)9(2)17-14(20)21-12-7-5-11(15)6-8-12/h5-8,10H,4H2,1-3H3. The molecule has 0 bridgehead atoms. The summed E-state index contributed by atoms with van der Waals surface area (Å²) in [5.41, 5.74) is 10.1. The van der Waals surface area contributed by atoms with Crippen molar-refractivity contribution >= 4 is 0 Å². The van der Waals surface area contributed by atoms with Crippen LogP contribution in [0.4, 0.5) is 4.39 Å². The Hall–Kier alpha value is -2.53. The molecule has 110 valence electrons. The van der Waals surface area contributed by atoms with E-state index in [0.29, 0.717) is 18.3 Å². The Morgan fingerprint density at radius 2 is 2.10 bits per heavy atom. The van der Waals surface area contributed by atoms with Crippen LogP contribution >= 0.6 is 0 Å². The summed E-state index contributed by atoms with van der Waals surface area (Å²) >= 11 is 0. The summed E-state index contributed by atoms with van der Waals surface area (Å²) in [5.74, 6) is 0.175. The van der Waals surface area contributed by atoms with E-state index in [1.54, 1.807) is 6.92 Å². The summed E-state index contributed by atoms with van der Waals surface area (Å²) in [5, 5.41) is 3.71. The third-order valence-electron chi connectivity index (χ3n) is 3.12. The van der Waals surface area contributed by atoms with E-state index >= 15 is 0 Å². The Bertz CT molecular complexity index is 673. The zero-order valence-electron chi connectivity index (χ0n) is 12.1. The van der Waals surface area contributed by atoms with Gasteiger partial charge in [-0.1, -0.05) is 12.0 Å². The van der Waals surface area contributed by atoms with Crippen molar-refractivity contribution in [3.63, 3.8) is 0 Å². The van der Waals surface area contributed by atoms with Crippen molar-refractivity contribution in [2.75, 3.05) is 0 Å². The van der Waals surface area contributed by atoms with Crippen molar-refractivity contribution in [3.05, 3.63) is 51.9 Å². The largest absolute Gasteiger partial charge is 0.426 e. The number of azide groups is 1. The van der Waals surface area contributed by atoms with Crippen molar-refractivity contribution in [1.29, 1.82) is 0 Å². The third kappa shape index (κ3) is 3.14. The first-order valence-electron chi connectivity index (χ1n) is 6.61. The van der Waals surface area contributed by atoms with E-state index in [9.17, 15) is 4.39 Å². The van der Waals surface area contributed by atoms with Gasteiger partial charge in [0.1, 0.15) is 11.6 Å². The van der Waals surface area contributed by atoms with Gasteiger partial charge in [0.15, 0.2) is 0 Å². The van der Waals surface area contributed by atoms with Gasteiger partial charge in [-0.25, -0.2) is 4.39 Å². The lowest BCUT2D eigenvalue weighted by Crippen LogP contribution is -2.05. The van der Waals surface area contributed by atoms with E-state index in [1.807, 2.05) is 18.4 Å². The third-order valence-corrected chi connectivity index (χ3v) is 3.12. The smallest absolute Gasteiger partial charge is 0.302 e. The van der Waals surface area contributed by atoms with Gasteiger partial charge in [-0.2, -0.15) is 4.98 Å². The normalized spacial score (nSPS) is 11.8. The number of hydrogen-bond acceptors (Lipinski definition) is 3. The summed E-state index contributed by atoms with van der Waals surface area (Å²) in [6, 6.07) is 5.78. The van der Waals surface area contributed by atoms with Gasteiger partial charge in [0.05, 0.1) is 17.4 Å². The van der Waals surface area contributed by atoms with Gasteiger partial charge in [0.25, 0.3) is 0 Å².